The molecule has 0 aliphatic heterocycles. The minimum absolute atomic E-state index is 0.00603. The number of nitrogens with zero attached hydrogens (tertiary/aromatic N) is 2. The summed E-state index contributed by atoms with van der Waals surface area (Å²) in [5, 5.41) is 2.72. The number of carbonyl (C=O) groups excluding carboxylic acids is 2. The van der Waals surface area contributed by atoms with Crippen molar-refractivity contribution in [1.29, 1.82) is 0 Å². The summed E-state index contributed by atoms with van der Waals surface area (Å²) in [6.07, 6.45) is 5.66. The van der Waals surface area contributed by atoms with Gasteiger partial charge in [0.05, 0.1) is 12.6 Å². The molecule has 5 nitrogen and oxygen atoms in total. The molecule has 1 heterocycles. The van der Waals surface area contributed by atoms with E-state index in [1.807, 2.05) is 11.0 Å². The van der Waals surface area contributed by atoms with Crippen LogP contribution in [0.3, 0.4) is 0 Å². The number of hydrogen-bond acceptors (Lipinski definition) is 3. The van der Waals surface area contributed by atoms with E-state index in [1.54, 1.807) is 24.4 Å². The van der Waals surface area contributed by atoms with Crippen molar-refractivity contribution >= 4 is 11.8 Å². The van der Waals surface area contributed by atoms with Gasteiger partial charge in [0.15, 0.2) is 0 Å². The highest BCUT2D eigenvalue weighted by atomic mass is 16.2. The normalized spacial score (nSPS) is 18.5. The second-order valence-corrected chi connectivity index (χ2v) is 6.68. The van der Waals surface area contributed by atoms with E-state index in [9.17, 15) is 9.59 Å². The summed E-state index contributed by atoms with van der Waals surface area (Å²) >= 11 is 0. The predicted octanol–water partition coefficient (Wildman–Crippen LogP) is 2.49. The molecule has 2 aliphatic rings. The Morgan fingerprint density at radius 2 is 1.88 bits per heavy atom. The average molecular weight is 335 g/mol. The SMILES string of the molecule is O=C(NCC(=O)N(C1CC1)C1CCc2ccccc21)c1ccccn1. The Morgan fingerprint density at radius 3 is 2.64 bits per heavy atom. The Bertz CT molecular complexity index is 787. The van der Waals surface area contributed by atoms with Crippen molar-refractivity contribution in [2.24, 2.45) is 0 Å². The molecule has 1 fully saturated rings. The maximum absolute atomic E-state index is 12.8. The van der Waals surface area contributed by atoms with Crippen LogP contribution in [-0.2, 0) is 11.2 Å². The summed E-state index contributed by atoms with van der Waals surface area (Å²) in [5.74, 6) is -0.315. The molecule has 1 unspecified atom stereocenters. The van der Waals surface area contributed by atoms with Crippen LogP contribution in [0.15, 0.2) is 48.7 Å². The van der Waals surface area contributed by atoms with Gasteiger partial charge in [-0.25, -0.2) is 0 Å². The van der Waals surface area contributed by atoms with Crippen molar-refractivity contribution < 1.29 is 9.59 Å². The van der Waals surface area contributed by atoms with Gasteiger partial charge in [-0.15, -0.1) is 0 Å². The Hall–Kier alpha value is -2.69. The molecule has 2 amide bonds. The van der Waals surface area contributed by atoms with Crippen LogP contribution in [0.2, 0.25) is 0 Å². The topological polar surface area (TPSA) is 62.3 Å². The van der Waals surface area contributed by atoms with Crippen LogP contribution in [0.4, 0.5) is 0 Å². The van der Waals surface area contributed by atoms with Crippen molar-refractivity contribution in [3.63, 3.8) is 0 Å². The first kappa shape index (κ1) is 15.8. The number of fused-ring (bicyclic) bond motifs is 1. The molecule has 0 spiro atoms. The summed E-state index contributed by atoms with van der Waals surface area (Å²) in [4.78, 5) is 31.0. The number of hydrogen-bond donors (Lipinski definition) is 1. The van der Waals surface area contributed by atoms with Crippen molar-refractivity contribution in [3.05, 3.63) is 65.5 Å². The Balaban J connectivity index is 1.45. The monoisotopic (exact) mass is 335 g/mol. The molecule has 5 heteroatoms. The Labute approximate surface area is 147 Å². The van der Waals surface area contributed by atoms with Crippen molar-refractivity contribution in [2.75, 3.05) is 6.54 Å². The van der Waals surface area contributed by atoms with Crippen molar-refractivity contribution in [1.82, 2.24) is 15.2 Å². The molecule has 1 N–H and O–H groups in total. The number of nitrogens with one attached hydrogen (secondary N) is 1. The lowest BCUT2D eigenvalue weighted by Crippen LogP contribution is -2.43. The Morgan fingerprint density at radius 1 is 1.08 bits per heavy atom. The number of amides is 2. The number of benzene rings is 1. The molecule has 0 saturated heterocycles. The second kappa shape index (κ2) is 6.67. The first-order valence-electron chi connectivity index (χ1n) is 8.82. The fourth-order valence-corrected chi connectivity index (χ4v) is 3.64. The van der Waals surface area contributed by atoms with E-state index >= 15 is 0 Å². The highest BCUT2D eigenvalue weighted by Crippen LogP contribution is 2.41. The molecule has 1 aromatic carbocycles. The highest BCUT2D eigenvalue weighted by molar-refractivity contribution is 5.94. The van der Waals surface area contributed by atoms with Gasteiger partial charge in [-0.05, 0) is 48.9 Å². The summed E-state index contributed by atoms with van der Waals surface area (Å²) in [5.41, 5.74) is 2.93. The van der Waals surface area contributed by atoms with Crippen LogP contribution >= 0.6 is 0 Å². The molecular formula is C20H21N3O2. The fourth-order valence-electron chi connectivity index (χ4n) is 3.64. The zero-order valence-corrected chi connectivity index (χ0v) is 14.0. The van der Waals surface area contributed by atoms with E-state index in [0.717, 1.165) is 25.7 Å². The third kappa shape index (κ3) is 3.27. The van der Waals surface area contributed by atoms with E-state index in [4.69, 9.17) is 0 Å². The molecule has 4 rings (SSSR count). The first-order valence-corrected chi connectivity index (χ1v) is 8.82. The number of pyridine rings is 1. The summed E-state index contributed by atoms with van der Waals surface area (Å²) in [6, 6.07) is 14.0. The first-order chi connectivity index (χ1) is 12.2. The lowest BCUT2D eigenvalue weighted by molar-refractivity contribution is -0.133. The lowest BCUT2D eigenvalue weighted by Gasteiger charge is -2.30. The molecule has 25 heavy (non-hydrogen) atoms. The summed E-state index contributed by atoms with van der Waals surface area (Å²) in [6.45, 7) is 0.0184. The van der Waals surface area contributed by atoms with Crippen LogP contribution in [0.1, 0.15) is 46.9 Å². The van der Waals surface area contributed by atoms with Gasteiger partial charge in [-0.3, -0.25) is 14.6 Å². The largest absolute Gasteiger partial charge is 0.342 e. The molecule has 128 valence electrons. The molecule has 1 atom stereocenters. The molecule has 2 aliphatic carbocycles. The minimum atomic E-state index is -0.309. The van der Waals surface area contributed by atoms with Gasteiger partial charge in [0.25, 0.3) is 5.91 Å². The predicted molar refractivity (Wildman–Crippen MR) is 93.9 cm³/mol. The van der Waals surface area contributed by atoms with Crippen LogP contribution < -0.4 is 5.32 Å². The number of aryl methyl sites for hydroxylation is 1. The van der Waals surface area contributed by atoms with Gasteiger partial charge < -0.3 is 10.2 Å². The summed E-state index contributed by atoms with van der Waals surface area (Å²) in [7, 11) is 0. The van der Waals surface area contributed by atoms with E-state index < -0.39 is 0 Å². The fraction of sp³-hybridized carbons (Fsp3) is 0.350. The average Bonchev–Trinajstić information content (AvgIpc) is 3.40. The maximum Gasteiger partial charge on any atom is 0.270 e. The van der Waals surface area contributed by atoms with Gasteiger partial charge >= 0.3 is 0 Å². The van der Waals surface area contributed by atoms with Gasteiger partial charge in [0.1, 0.15) is 5.69 Å². The van der Waals surface area contributed by atoms with Crippen molar-refractivity contribution in [3.8, 4) is 0 Å². The van der Waals surface area contributed by atoms with Crippen molar-refractivity contribution in [2.45, 2.75) is 37.8 Å². The van der Waals surface area contributed by atoms with Gasteiger partial charge in [-0.1, -0.05) is 30.3 Å². The number of carbonyl (C=O) groups is 2. The van der Waals surface area contributed by atoms with Crippen LogP contribution in [0.25, 0.3) is 0 Å². The molecule has 1 aromatic heterocycles. The second-order valence-electron chi connectivity index (χ2n) is 6.68. The molecule has 0 radical (unpaired) electrons. The van der Waals surface area contributed by atoms with Crippen LogP contribution in [0.5, 0.6) is 0 Å². The molecule has 0 bridgehead atoms. The molecule has 1 saturated carbocycles. The maximum atomic E-state index is 12.8. The standard InChI is InChI=1S/C20H21N3O2/c24-19(13-22-20(25)17-7-3-4-12-21-17)23(15-9-10-15)18-11-8-14-5-1-2-6-16(14)18/h1-7,12,15,18H,8-11,13H2,(H,22,25). The van der Waals surface area contributed by atoms with E-state index in [2.05, 4.69) is 28.5 Å². The van der Waals surface area contributed by atoms with Crippen LogP contribution in [-0.4, -0.2) is 34.3 Å². The highest BCUT2D eigenvalue weighted by Gasteiger charge is 2.40. The van der Waals surface area contributed by atoms with E-state index in [1.165, 1.54) is 11.1 Å². The summed E-state index contributed by atoms with van der Waals surface area (Å²) < 4.78 is 0. The van der Waals surface area contributed by atoms with E-state index in [-0.39, 0.29) is 24.4 Å². The van der Waals surface area contributed by atoms with Gasteiger partial charge in [0, 0.05) is 12.2 Å². The van der Waals surface area contributed by atoms with Crippen LogP contribution in [0, 0.1) is 0 Å². The minimum Gasteiger partial charge on any atom is -0.342 e. The third-order valence-electron chi connectivity index (χ3n) is 4.96. The quantitative estimate of drug-likeness (QED) is 0.913. The number of aromatic nitrogens is 1. The molecule has 2 aromatic rings. The lowest BCUT2D eigenvalue weighted by atomic mass is 10.1. The molecular weight excluding hydrogens is 314 g/mol. The van der Waals surface area contributed by atoms with Gasteiger partial charge in [0.2, 0.25) is 5.91 Å². The zero-order chi connectivity index (χ0) is 17.2. The van der Waals surface area contributed by atoms with Gasteiger partial charge in [-0.2, -0.15) is 0 Å². The smallest absolute Gasteiger partial charge is 0.270 e. The zero-order valence-electron chi connectivity index (χ0n) is 14.0. The number of rotatable bonds is 5. The van der Waals surface area contributed by atoms with E-state index in [0.29, 0.717) is 11.7 Å². The Kier molecular flexibility index (Phi) is 4.22. The third-order valence-corrected chi connectivity index (χ3v) is 4.96.